The van der Waals surface area contributed by atoms with Crippen LogP contribution >= 0.6 is 0 Å². The van der Waals surface area contributed by atoms with E-state index in [1.165, 1.54) is 38.5 Å². The van der Waals surface area contributed by atoms with Crippen molar-refractivity contribution >= 4 is 23.4 Å². The molecule has 0 fully saturated rings. The zero-order valence-electron chi connectivity index (χ0n) is 14.1. The Kier molecular flexibility index (Phi) is 5.90. The van der Waals surface area contributed by atoms with Crippen LogP contribution in [0, 0.1) is 21.4 Å². The molecule has 2 aromatic rings. The molecule has 0 radical (unpaired) electrons. The van der Waals surface area contributed by atoms with Gasteiger partial charge >= 0.3 is 0 Å². The molecule has 1 amide bonds. The number of nitrogens with one attached hydrogen (secondary N) is 1. The lowest BCUT2D eigenvalue weighted by molar-refractivity contribution is -0.384. The fourth-order valence-electron chi connectivity index (χ4n) is 2.16. The minimum atomic E-state index is -0.647. The number of hydrogen-bond acceptors (Lipinski definition) is 6. The van der Waals surface area contributed by atoms with E-state index in [4.69, 9.17) is 9.47 Å². The second kappa shape index (κ2) is 8.30. The van der Waals surface area contributed by atoms with E-state index in [0.717, 1.165) is 0 Å². The number of benzene rings is 2. The smallest absolute Gasteiger partial charge is 0.270 e. The van der Waals surface area contributed by atoms with Gasteiger partial charge in [0.1, 0.15) is 11.6 Å². The summed E-state index contributed by atoms with van der Waals surface area (Å²) in [6, 6.07) is 12.2. The summed E-state index contributed by atoms with van der Waals surface area (Å²) in [5, 5.41) is 22.6. The van der Waals surface area contributed by atoms with Gasteiger partial charge in [-0.1, -0.05) is 12.1 Å². The summed E-state index contributed by atoms with van der Waals surface area (Å²) in [6.45, 7) is 0. The van der Waals surface area contributed by atoms with Gasteiger partial charge in [-0.25, -0.2) is 0 Å². The number of nitrogens with zero attached hydrogens (tertiary/aromatic N) is 2. The minimum Gasteiger partial charge on any atom is -0.493 e. The zero-order valence-corrected chi connectivity index (χ0v) is 14.1. The van der Waals surface area contributed by atoms with E-state index >= 15 is 0 Å². The van der Waals surface area contributed by atoms with Crippen molar-refractivity contribution < 1.29 is 19.2 Å². The quantitative estimate of drug-likeness (QED) is 0.369. The van der Waals surface area contributed by atoms with Crippen molar-refractivity contribution in [2.24, 2.45) is 0 Å². The number of methoxy groups -OCH3 is 2. The Morgan fingerprint density at radius 1 is 1.19 bits per heavy atom. The molecule has 0 spiro atoms. The van der Waals surface area contributed by atoms with Crippen LogP contribution in [0.5, 0.6) is 11.5 Å². The van der Waals surface area contributed by atoms with Crippen molar-refractivity contribution in [3.8, 4) is 17.6 Å². The Bertz CT molecular complexity index is 915. The van der Waals surface area contributed by atoms with Crippen LogP contribution in [0.3, 0.4) is 0 Å². The van der Waals surface area contributed by atoms with Gasteiger partial charge in [0.15, 0.2) is 11.5 Å². The standard InChI is InChI=1S/C18H15N3O5/c1-25-16-7-6-14(10-17(16)26-2)20-18(22)13(11-19)8-12-4-3-5-15(9-12)21(23)24/h3-10H,1-2H3,(H,20,22)/b13-8+. The van der Waals surface area contributed by atoms with E-state index < -0.39 is 10.8 Å². The summed E-state index contributed by atoms with van der Waals surface area (Å²) in [5.74, 6) is 0.274. The Morgan fingerprint density at radius 2 is 1.92 bits per heavy atom. The molecule has 1 N–H and O–H groups in total. The number of carbonyl (C=O) groups is 1. The van der Waals surface area contributed by atoms with Crippen LogP contribution in [0.2, 0.25) is 0 Å². The average molecular weight is 353 g/mol. The molecule has 0 saturated heterocycles. The number of amides is 1. The van der Waals surface area contributed by atoms with Gasteiger partial charge in [0, 0.05) is 23.9 Å². The van der Waals surface area contributed by atoms with Crippen LogP contribution in [-0.2, 0) is 4.79 Å². The van der Waals surface area contributed by atoms with Gasteiger partial charge in [0.2, 0.25) is 0 Å². The highest BCUT2D eigenvalue weighted by Crippen LogP contribution is 2.30. The van der Waals surface area contributed by atoms with E-state index in [0.29, 0.717) is 22.7 Å². The van der Waals surface area contributed by atoms with Crippen LogP contribution in [0.1, 0.15) is 5.56 Å². The maximum atomic E-state index is 12.3. The SMILES string of the molecule is COc1ccc(NC(=O)/C(C#N)=C/c2cccc([N+](=O)[O-])c2)cc1OC. The summed E-state index contributed by atoms with van der Waals surface area (Å²) in [7, 11) is 2.96. The molecule has 8 nitrogen and oxygen atoms in total. The predicted molar refractivity (Wildman–Crippen MR) is 94.9 cm³/mol. The maximum absolute atomic E-state index is 12.3. The molecule has 0 aliphatic carbocycles. The maximum Gasteiger partial charge on any atom is 0.270 e. The fraction of sp³-hybridized carbons (Fsp3) is 0.111. The van der Waals surface area contributed by atoms with Gasteiger partial charge in [-0.3, -0.25) is 14.9 Å². The lowest BCUT2D eigenvalue weighted by Crippen LogP contribution is -2.13. The summed E-state index contributed by atoms with van der Waals surface area (Å²) >= 11 is 0. The number of nitriles is 1. The Morgan fingerprint density at radius 3 is 2.54 bits per heavy atom. The first-order valence-corrected chi connectivity index (χ1v) is 7.38. The molecular weight excluding hydrogens is 338 g/mol. The second-order valence-electron chi connectivity index (χ2n) is 5.05. The number of anilines is 1. The lowest BCUT2D eigenvalue weighted by atomic mass is 10.1. The first-order valence-electron chi connectivity index (χ1n) is 7.38. The van der Waals surface area contributed by atoms with Crippen molar-refractivity contribution in [1.29, 1.82) is 5.26 Å². The van der Waals surface area contributed by atoms with Crippen molar-refractivity contribution in [3.63, 3.8) is 0 Å². The number of rotatable bonds is 6. The zero-order chi connectivity index (χ0) is 19.1. The van der Waals surface area contributed by atoms with E-state index in [1.807, 2.05) is 0 Å². The molecule has 0 bridgehead atoms. The molecule has 0 atom stereocenters. The lowest BCUT2D eigenvalue weighted by Gasteiger charge is -2.10. The normalized spacial score (nSPS) is 10.6. The van der Waals surface area contributed by atoms with Crippen molar-refractivity contribution in [2.75, 3.05) is 19.5 Å². The highest BCUT2D eigenvalue weighted by molar-refractivity contribution is 6.09. The Balaban J connectivity index is 2.25. The highest BCUT2D eigenvalue weighted by Gasteiger charge is 2.13. The molecule has 2 aromatic carbocycles. The first-order chi connectivity index (χ1) is 12.5. The molecule has 2 rings (SSSR count). The summed E-state index contributed by atoms with van der Waals surface area (Å²) in [4.78, 5) is 22.6. The van der Waals surface area contributed by atoms with Gasteiger partial charge in [-0.05, 0) is 23.8 Å². The minimum absolute atomic E-state index is 0.128. The molecule has 0 unspecified atom stereocenters. The summed E-state index contributed by atoms with van der Waals surface area (Å²) in [5.41, 5.74) is 0.461. The van der Waals surface area contributed by atoms with Crippen LogP contribution < -0.4 is 14.8 Å². The number of nitro benzene ring substituents is 1. The van der Waals surface area contributed by atoms with Crippen LogP contribution in [0.25, 0.3) is 6.08 Å². The number of carbonyl (C=O) groups excluding carboxylic acids is 1. The molecule has 8 heteroatoms. The Hall–Kier alpha value is -3.86. The topological polar surface area (TPSA) is 114 Å². The molecule has 132 valence electrons. The first kappa shape index (κ1) is 18.5. The molecule has 26 heavy (non-hydrogen) atoms. The third-order valence-corrected chi connectivity index (χ3v) is 3.40. The molecule has 0 aromatic heterocycles. The average Bonchev–Trinajstić information content (AvgIpc) is 2.66. The third-order valence-electron chi connectivity index (χ3n) is 3.40. The van der Waals surface area contributed by atoms with E-state index in [2.05, 4.69) is 5.32 Å². The van der Waals surface area contributed by atoms with Crippen LogP contribution in [-0.4, -0.2) is 25.1 Å². The summed E-state index contributed by atoms with van der Waals surface area (Å²) in [6.07, 6.45) is 1.28. The van der Waals surface area contributed by atoms with Gasteiger partial charge < -0.3 is 14.8 Å². The van der Waals surface area contributed by atoms with Gasteiger partial charge in [0.25, 0.3) is 11.6 Å². The number of hydrogen-bond donors (Lipinski definition) is 1. The van der Waals surface area contributed by atoms with Crippen molar-refractivity contribution in [3.05, 3.63) is 63.7 Å². The van der Waals surface area contributed by atoms with Crippen molar-refractivity contribution in [2.45, 2.75) is 0 Å². The molecule has 0 aliphatic heterocycles. The number of non-ortho nitro benzene ring substituents is 1. The van der Waals surface area contributed by atoms with Crippen LogP contribution in [0.4, 0.5) is 11.4 Å². The summed E-state index contributed by atoms with van der Waals surface area (Å²) < 4.78 is 10.3. The third kappa shape index (κ3) is 4.36. The number of ether oxygens (including phenoxy) is 2. The van der Waals surface area contributed by atoms with Gasteiger partial charge in [-0.2, -0.15) is 5.26 Å². The Labute approximate surface area is 149 Å². The van der Waals surface area contributed by atoms with Crippen LogP contribution in [0.15, 0.2) is 48.0 Å². The number of nitro groups is 1. The molecule has 0 saturated carbocycles. The van der Waals surface area contributed by atoms with E-state index in [9.17, 15) is 20.2 Å². The van der Waals surface area contributed by atoms with E-state index in [-0.39, 0.29) is 11.3 Å². The van der Waals surface area contributed by atoms with E-state index in [1.54, 1.807) is 30.3 Å². The molecular formula is C18H15N3O5. The largest absolute Gasteiger partial charge is 0.493 e. The fourth-order valence-corrected chi connectivity index (χ4v) is 2.16. The predicted octanol–water partition coefficient (Wildman–Crippen LogP) is 3.16. The van der Waals surface area contributed by atoms with Gasteiger partial charge in [0.05, 0.1) is 19.1 Å². The highest BCUT2D eigenvalue weighted by atomic mass is 16.6. The van der Waals surface area contributed by atoms with Gasteiger partial charge in [-0.15, -0.1) is 0 Å². The second-order valence-corrected chi connectivity index (χ2v) is 5.05. The molecule has 0 heterocycles. The van der Waals surface area contributed by atoms with Crippen molar-refractivity contribution in [1.82, 2.24) is 0 Å². The molecule has 0 aliphatic rings. The monoisotopic (exact) mass is 353 g/mol.